The Labute approximate surface area is 90.0 Å². The van der Waals surface area contributed by atoms with E-state index < -0.39 is 14.6 Å². The van der Waals surface area contributed by atoms with Crippen LogP contribution in [-0.4, -0.2) is 26.4 Å². The molecular formula is C11H14O3S. The third-order valence-electron chi connectivity index (χ3n) is 2.79. The lowest BCUT2D eigenvalue weighted by Crippen LogP contribution is -2.53. The van der Waals surface area contributed by atoms with Gasteiger partial charge in [0.15, 0.2) is 9.84 Å². The highest BCUT2D eigenvalue weighted by atomic mass is 32.2. The third kappa shape index (κ3) is 1.58. The summed E-state index contributed by atoms with van der Waals surface area (Å²) in [7, 11) is -3.24. The number of hydrogen-bond acceptors (Lipinski definition) is 3. The van der Waals surface area contributed by atoms with Crippen molar-refractivity contribution in [1.29, 1.82) is 0 Å². The van der Waals surface area contributed by atoms with Crippen LogP contribution in [0.15, 0.2) is 29.2 Å². The highest BCUT2D eigenvalue weighted by Crippen LogP contribution is 2.32. The van der Waals surface area contributed by atoms with Gasteiger partial charge in [0.05, 0.1) is 18.1 Å². The standard InChI is InChI=1S/C11H14O3S/c1-9-3-5-10(6-4-9)15(12,13)11(2)7-14-8-11/h3-6H,7-8H2,1-2H3. The number of benzene rings is 1. The Balaban J connectivity index is 2.42. The summed E-state index contributed by atoms with van der Waals surface area (Å²) in [4.78, 5) is 0.388. The number of rotatable bonds is 2. The molecule has 15 heavy (non-hydrogen) atoms. The van der Waals surface area contributed by atoms with Crippen LogP contribution in [0.2, 0.25) is 0 Å². The van der Waals surface area contributed by atoms with Gasteiger partial charge in [-0.25, -0.2) is 8.42 Å². The fraction of sp³-hybridized carbons (Fsp3) is 0.455. The average Bonchev–Trinajstić information content (AvgIpc) is 2.14. The van der Waals surface area contributed by atoms with Crippen molar-refractivity contribution in [2.45, 2.75) is 23.5 Å². The molecule has 0 radical (unpaired) electrons. The second kappa shape index (κ2) is 3.32. The maximum Gasteiger partial charge on any atom is 0.188 e. The zero-order valence-electron chi connectivity index (χ0n) is 8.86. The van der Waals surface area contributed by atoms with Crippen LogP contribution in [0, 0.1) is 6.92 Å². The fourth-order valence-corrected chi connectivity index (χ4v) is 3.09. The minimum absolute atomic E-state index is 0.295. The first kappa shape index (κ1) is 10.6. The zero-order chi connectivity index (χ0) is 11.1. The van der Waals surface area contributed by atoms with Gasteiger partial charge in [-0.15, -0.1) is 0 Å². The summed E-state index contributed by atoms with van der Waals surface area (Å²) in [6.45, 7) is 4.25. The summed E-state index contributed by atoms with van der Waals surface area (Å²) in [6, 6.07) is 6.95. The maximum atomic E-state index is 12.2. The van der Waals surface area contributed by atoms with Crippen LogP contribution in [0.5, 0.6) is 0 Å². The summed E-state index contributed by atoms with van der Waals surface area (Å²) < 4.78 is 28.6. The molecule has 0 amide bonds. The minimum Gasteiger partial charge on any atom is -0.378 e. The molecule has 1 fully saturated rings. The molecule has 1 heterocycles. The van der Waals surface area contributed by atoms with E-state index in [1.54, 1.807) is 19.1 Å². The van der Waals surface area contributed by atoms with Gasteiger partial charge in [-0.2, -0.15) is 0 Å². The van der Waals surface area contributed by atoms with Gasteiger partial charge in [0.1, 0.15) is 4.75 Å². The molecule has 1 aromatic carbocycles. The summed E-state index contributed by atoms with van der Waals surface area (Å²) in [5.74, 6) is 0. The third-order valence-corrected chi connectivity index (χ3v) is 5.22. The van der Waals surface area contributed by atoms with Gasteiger partial charge in [-0.05, 0) is 26.0 Å². The van der Waals surface area contributed by atoms with Gasteiger partial charge in [0, 0.05) is 0 Å². The molecule has 0 unspecified atom stereocenters. The Kier molecular flexibility index (Phi) is 2.35. The van der Waals surface area contributed by atoms with E-state index in [1.165, 1.54) is 0 Å². The predicted molar refractivity (Wildman–Crippen MR) is 57.6 cm³/mol. The quantitative estimate of drug-likeness (QED) is 0.768. The van der Waals surface area contributed by atoms with E-state index in [-0.39, 0.29) is 0 Å². The van der Waals surface area contributed by atoms with Crippen LogP contribution >= 0.6 is 0 Å². The molecule has 82 valence electrons. The van der Waals surface area contributed by atoms with Crippen molar-refractivity contribution in [3.05, 3.63) is 29.8 Å². The lowest BCUT2D eigenvalue weighted by atomic mass is 10.1. The molecule has 0 bridgehead atoms. The van der Waals surface area contributed by atoms with Crippen LogP contribution in [0.25, 0.3) is 0 Å². The van der Waals surface area contributed by atoms with Crippen molar-refractivity contribution in [3.63, 3.8) is 0 Å². The normalized spacial score (nSPS) is 19.6. The molecule has 0 saturated carbocycles. The predicted octanol–water partition coefficient (Wildman–Crippen LogP) is 1.56. The summed E-state index contributed by atoms with van der Waals surface area (Å²) >= 11 is 0. The summed E-state index contributed by atoms with van der Waals surface area (Å²) in [6.07, 6.45) is 0. The number of ether oxygens (including phenoxy) is 1. The van der Waals surface area contributed by atoms with Gasteiger partial charge in [-0.3, -0.25) is 0 Å². The molecule has 0 N–H and O–H groups in total. The van der Waals surface area contributed by atoms with Crippen molar-refractivity contribution in [3.8, 4) is 0 Å². The lowest BCUT2D eigenvalue weighted by molar-refractivity contribution is -0.00490. The van der Waals surface area contributed by atoms with E-state index in [9.17, 15) is 8.42 Å². The second-order valence-electron chi connectivity index (χ2n) is 4.26. The molecule has 1 aromatic rings. The first-order valence-corrected chi connectivity index (χ1v) is 6.33. The Bertz CT molecular complexity index is 455. The molecule has 1 aliphatic heterocycles. The van der Waals surface area contributed by atoms with Crippen molar-refractivity contribution in [2.24, 2.45) is 0 Å². The molecule has 1 aliphatic rings. The molecule has 4 heteroatoms. The fourth-order valence-electron chi connectivity index (χ4n) is 1.55. The van der Waals surface area contributed by atoms with Crippen molar-refractivity contribution in [2.75, 3.05) is 13.2 Å². The van der Waals surface area contributed by atoms with Gasteiger partial charge in [0.25, 0.3) is 0 Å². The van der Waals surface area contributed by atoms with Crippen molar-refractivity contribution >= 4 is 9.84 Å². The first-order valence-electron chi connectivity index (χ1n) is 4.85. The Hall–Kier alpha value is -0.870. The number of hydrogen-bond donors (Lipinski definition) is 0. The summed E-state index contributed by atoms with van der Waals surface area (Å²) in [5, 5.41) is 0. The zero-order valence-corrected chi connectivity index (χ0v) is 9.67. The van der Waals surface area contributed by atoms with Gasteiger partial charge in [0.2, 0.25) is 0 Å². The molecule has 0 aliphatic carbocycles. The van der Waals surface area contributed by atoms with E-state index >= 15 is 0 Å². The Morgan fingerprint density at radius 2 is 1.73 bits per heavy atom. The van der Waals surface area contributed by atoms with Crippen LogP contribution < -0.4 is 0 Å². The number of sulfone groups is 1. The van der Waals surface area contributed by atoms with E-state index in [2.05, 4.69) is 0 Å². The lowest BCUT2D eigenvalue weighted by Gasteiger charge is -2.37. The van der Waals surface area contributed by atoms with Crippen molar-refractivity contribution in [1.82, 2.24) is 0 Å². The molecule has 1 saturated heterocycles. The number of aryl methyl sites for hydroxylation is 1. The molecule has 0 atom stereocenters. The topological polar surface area (TPSA) is 43.4 Å². The van der Waals surface area contributed by atoms with Crippen LogP contribution in [0.3, 0.4) is 0 Å². The maximum absolute atomic E-state index is 12.2. The van der Waals surface area contributed by atoms with Crippen LogP contribution in [0.4, 0.5) is 0 Å². The van der Waals surface area contributed by atoms with Gasteiger partial charge < -0.3 is 4.74 Å². The smallest absolute Gasteiger partial charge is 0.188 e. The monoisotopic (exact) mass is 226 g/mol. The van der Waals surface area contributed by atoms with Gasteiger partial charge in [-0.1, -0.05) is 17.7 Å². The SMILES string of the molecule is Cc1ccc(S(=O)(=O)C2(C)COC2)cc1. The highest BCUT2D eigenvalue weighted by Gasteiger charge is 2.46. The Morgan fingerprint density at radius 3 is 2.13 bits per heavy atom. The largest absolute Gasteiger partial charge is 0.378 e. The molecular weight excluding hydrogens is 212 g/mol. The average molecular weight is 226 g/mol. The van der Waals surface area contributed by atoms with E-state index in [0.29, 0.717) is 18.1 Å². The van der Waals surface area contributed by atoms with Crippen LogP contribution in [0.1, 0.15) is 12.5 Å². The molecule has 2 rings (SSSR count). The molecule has 3 nitrogen and oxygen atoms in total. The highest BCUT2D eigenvalue weighted by molar-refractivity contribution is 7.93. The molecule has 0 spiro atoms. The molecule has 0 aromatic heterocycles. The van der Waals surface area contributed by atoms with Crippen molar-refractivity contribution < 1.29 is 13.2 Å². The van der Waals surface area contributed by atoms with Gasteiger partial charge >= 0.3 is 0 Å². The summed E-state index contributed by atoms with van der Waals surface area (Å²) in [5.41, 5.74) is 1.06. The van der Waals surface area contributed by atoms with E-state index in [4.69, 9.17) is 4.74 Å². The second-order valence-corrected chi connectivity index (χ2v) is 6.72. The van der Waals surface area contributed by atoms with E-state index in [0.717, 1.165) is 5.56 Å². The minimum atomic E-state index is -3.24. The van der Waals surface area contributed by atoms with E-state index in [1.807, 2.05) is 19.1 Å². The Morgan fingerprint density at radius 1 is 1.20 bits per heavy atom. The first-order chi connectivity index (χ1) is 6.96. The van der Waals surface area contributed by atoms with Crippen LogP contribution in [-0.2, 0) is 14.6 Å².